The van der Waals surface area contributed by atoms with Gasteiger partial charge in [-0.15, -0.1) is 0 Å². The number of aryl methyl sites for hydroxylation is 1. The second kappa shape index (κ2) is 6.58. The zero-order valence-electron chi connectivity index (χ0n) is 13.6. The van der Waals surface area contributed by atoms with Crippen molar-refractivity contribution in [1.82, 2.24) is 10.3 Å². The standard InChI is InChI=1S/C17H25N3S/c1-13-15(10-18-17(2,3)4)6-7-16(19-13)20(5)11-14-8-9-21-12-14/h6-9,12,18H,10-11H2,1-5H3. The van der Waals surface area contributed by atoms with Gasteiger partial charge in [-0.3, -0.25) is 0 Å². The Morgan fingerprint density at radius 1 is 1.24 bits per heavy atom. The van der Waals surface area contributed by atoms with E-state index in [1.165, 1.54) is 11.1 Å². The van der Waals surface area contributed by atoms with Crippen LogP contribution in [0.1, 0.15) is 37.6 Å². The van der Waals surface area contributed by atoms with Crippen molar-refractivity contribution in [3.05, 3.63) is 45.8 Å². The number of anilines is 1. The van der Waals surface area contributed by atoms with Gasteiger partial charge in [-0.25, -0.2) is 4.98 Å². The van der Waals surface area contributed by atoms with Crippen molar-refractivity contribution in [2.45, 2.75) is 46.3 Å². The zero-order valence-corrected chi connectivity index (χ0v) is 14.4. The van der Waals surface area contributed by atoms with E-state index in [0.717, 1.165) is 24.6 Å². The van der Waals surface area contributed by atoms with Gasteiger partial charge in [0, 0.05) is 31.4 Å². The summed E-state index contributed by atoms with van der Waals surface area (Å²) >= 11 is 1.74. The normalized spacial score (nSPS) is 11.7. The lowest BCUT2D eigenvalue weighted by Crippen LogP contribution is -2.35. The first-order valence-corrected chi connectivity index (χ1v) is 8.23. The van der Waals surface area contributed by atoms with Crippen LogP contribution < -0.4 is 10.2 Å². The predicted octanol–water partition coefficient (Wildman–Crippen LogP) is 3.98. The average Bonchev–Trinajstić information content (AvgIpc) is 2.89. The molecule has 21 heavy (non-hydrogen) atoms. The van der Waals surface area contributed by atoms with Crippen molar-refractivity contribution >= 4 is 17.2 Å². The smallest absolute Gasteiger partial charge is 0.128 e. The lowest BCUT2D eigenvalue weighted by atomic mass is 10.1. The molecule has 0 aliphatic rings. The Hall–Kier alpha value is -1.39. The summed E-state index contributed by atoms with van der Waals surface area (Å²) in [4.78, 5) is 6.93. The number of hydrogen-bond acceptors (Lipinski definition) is 4. The van der Waals surface area contributed by atoms with Gasteiger partial charge in [0.25, 0.3) is 0 Å². The van der Waals surface area contributed by atoms with Crippen molar-refractivity contribution < 1.29 is 0 Å². The fourth-order valence-corrected chi connectivity index (χ4v) is 2.73. The van der Waals surface area contributed by atoms with Crippen molar-refractivity contribution in [3.63, 3.8) is 0 Å². The van der Waals surface area contributed by atoms with Crippen LogP contribution in [0, 0.1) is 6.92 Å². The summed E-state index contributed by atoms with van der Waals surface area (Å²) < 4.78 is 0. The Morgan fingerprint density at radius 2 is 2.00 bits per heavy atom. The first-order valence-electron chi connectivity index (χ1n) is 7.29. The van der Waals surface area contributed by atoms with Gasteiger partial charge < -0.3 is 10.2 Å². The number of nitrogens with one attached hydrogen (secondary N) is 1. The van der Waals surface area contributed by atoms with E-state index in [4.69, 9.17) is 4.98 Å². The number of rotatable bonds is 5. The third-order valence-electron chi connectivity index (χ3n) is 3.38. The van der Waals surface area contributed by atoms with Crippen LogP contribution in [0.4, 0.5) is 5.82 Å². The molecule has 0 unspecified atom stereocenters. The number of nitrogens with zero attached hydrogens (tertiary/aromatic N) is 2. The van der Waals surface area contributed by atoms with E-state index in [1.54, 1.807) is 11.3 Å². The molecular formula is C17H25N3S. The monoisotopic (exact) mass is 303 g/mol. The SMILES string of the molecule is Cc1nc(N(C)Cc2ccsc2)ccc1CNC(C)(C)C. The minimum absolute atomic E-state index is 0.126. The molecular weight excluding hydrogens is 278 g/mol. The minimum atomic E-state index is 0.126. The molecule has 0 aliphatic heterocycles. The molecule has 1 N–H and O–H groups in total. The molecule has 0 fully saturated rings. The fourth-order valence-electron chi connectivity index (χ4n) is 2.07. The Bertz CT molecular complexity index is 570. The number of aromatic nitrogens is 1. The van der Waals surface area contributed by atoms with E-state index < -0.39 is 0 Å². The quantitative estimate of drug-likeness (QED) is 0.905. The van der Waals surface area contributed by atoms with Gasteiger partial charge in [0.1, 0.15) is 5.82 Å². The van der Waals surface area contributed by atoms with Crippen LogP contribution in [0.3, 0.4) is 0 Å². The average molecular weight is 303 g/mol. The molecule has 114 valence electrons. The summed E-state index contributed by atoms with van der Waals surface area (Å²) in [7, 11) is 2.09. The van der Waals surface area contributed by atoms with Crippen LogP contribution in [0.25, 0.3) is 0 Å². The van der Waals surface area contributed by atoms with Crippen LogP contribution in [0.15, 0.2) is 29.0 Å². The van der Waals surface area contributed by atoms with Crippen molar-refractivity contribution in [2.24, 2.45) is 0 Å². The van der Waals surface area contributed by atoms with Gasteiger partial charge in [-0.05, 0) is 61.7 Å². The van der Waals surface area contributed by atoms with Crippen molar-refractivity contribution in [3.8, 4) is 0 Å². The van der Waals surface area contributed by atoms with Crippen LogP contribution in [-0.4, -0.2) is 17.6 Å². The molecule has 0 radical (unpaired) electrons. The molecule has 0 aromatic carbocycles. The van der Waals surface area contributed by atoms with Gasteiger partial charge in [-0.2, -0.15) is 11.3 Å². The Balaban J connectivity index is 2.04. The van der Waals surface area contributed by atoms with Gasteiger partial charge in [0.05, 0.1) is 0 Å². The molecule has 0 atom stereocenters. The highest BCUT2D eigenvalue weighted by Gasteiger charge is 2.11. The fraction of sp³-hybridized carbons (Fsp3) is 0.471. The summed E-state index contributed by atoms with van der Waals surface area (Å²) in [5.41, 5.74) is 3.82. The molecule has 0 saturated carbocycles. The summed E-state index contributed by atoms with van der Waals surface area (Å²) in [6.45, 7) is 10.4. The first-order chi connectivity index (χ1) is 9.85. The van der Waals surface area contributed by atoms with Crippen LogP contribution in [0.5, 0.6) is 0 Å². The third kappa shape index (κ3) is 4.83. The largest absolute Gasteiger partial charge is 0.355 e. The van der Waals surface area contributed by atoms with Crippen LogP contribution >= 0.6 is 11.3 Å². The van der Waals surface area contributed by atoms with Gasteiger partial charge in [0.2, 0.25) is 0 Å². The maximum atomic E-state index is 4.74. The zero-order chi connectivity index (χ0) is 15.5. The maximum absolute atomic E-state index is 4.74. The molecule has 2 aromatic heterocycles. The third-order valence-corrected chi connectivity index (χ3v) is 4.11. The number of thiophene rings is 1. The highest BCUT2D eigenvalue weighted by Crippen LogP contribution is 2.17. The molecule has 0 aliphatic carbocycles. The lowest BCUT2D eigenvalue weighted by Gasteiger charge is -2.22. The van der Waals surface area contributed by atoms with E-state index in [1.807, 2.05) is 0 Å². The van der Waals surface area contributed by atoms with Crippen molar-refractivity contribution in [2.75, 3.05) is 11.9 Å². The molecule has 4 heteroatoms. The van der Waals surface area contributed by atoms with Gasteiger partial charge >= 0.3 is 0 Å². The van der Waals surface area contributed by atoms with Crippen LogP contribution in [0.2, 0.25) is 0 Å². The molecule has 2 rings (SSSR count). The Morgan fingerprint density at radius 3 is 2.57 bits per heavy atom. The van der Waals surface area contributed by atoms with E-state index in [9.17, 15) is 0 Å². The Labute approximate surface area is 132 Å². The van der Waals surface area contributed by atoms with E-state index in [-0.39, 0.29) is 5.54 Å². The second-order valence-corrected chi connectivity index (χ2v) is 7.29. The summed E-state index contributed by atoms with van der Waals surface area (Å²) in [5.74, 6) is 1.03. The Kier molecular flexibility index (Phi) is 5.01. The van der Waals surface area contributed by atoms with Gasteiger partial charge in [0.15, 0.2) is 0 Å². The van der Waals surface area contributed by atoms with E-state index >= 15 is 0 Å². The van der Waals surface area contributed by atoms with E-state index in [2.05, 4.69) is 73.9 Å². The van der Waals surface area contributed by atoms with E-state index in [0.29, 0.717) is 0 Å². The first kappa shape index (κ1) is 16.0. The van der Waals surface area contributed by atoms with Crippen molar-refractivity contribution in [1.29, 1.82) is 0 Å². The second-order valence-electron chi connectivity index (χ2n) is 6.51. The highest BCUT2D eigenvalue weighted by atomic mass is 32.1. The molecule has 0 bridgehead atoms. The molecule has 2 heterocycles. The molecule has 0 amide bonds. The number of hydrogen-bond donors (Lipinski definition) is 1. The predicted molar refractivity (Wildman–Crippen MR) is 92.0 cm³/mol. The van der Waals surface area contributed by atoms with Gasteiger partial charge in [-0.1, -0.05) is 6.07 Å². The molecule has 0 spiro atoms. The van der Waals surface area contributed by atoms with Crippen LogP contribution in [-0.2, 0) is 13.1 Å². The molecule has 0 saturated heterocycles. The maximum Gasteiger partial charge on any atom is 0.128 e. The highest BCUT2D eigenvalue weighted by molar-refractivity contribution is 7.07. The summed E-state index contributed by atoms with van der Waals surface area (Å²) in [5, 5.41) is 7.81. The summed E-state index contributed by atoms with van der Waals surface area (Å²) in [6, 6.07) is 6.45. The minimum Gasteiger partial charge on any atom is -0.355 e. The molecule has 2 aromatic rings. The number of pyridine rings is 1. The summed E-state index contributed by atoms with van der Waals surface area (Å²) in [6.07, 6.45) is 0. The lowest BCUT2D eigenvalue weighted by molar-refractivity contribution is 0.423. The topological polar surface area (TPSA) is 28.2 Å². The molecule has 3 nitrogen and oxygen atoms in total.